The Morgan fingerprint density at radius 1 is 1.03 bits per heavy atom. The molecule has 0 spiro atoms. The predicted molar refractivity (Wildman–Crippen MR) is 117 cm³/mol. The van der Waals surface area contributed by atoms with Crippen molar-refractivity contribution in [3.8, 4) is 0 Å². The first-order valence-corrected chi connectivity index (χ1v) is 9.80. The number of hydrogen-bond donors (Lipinski definition) is 2. The van der Waals surface area contributed by atoms with Crippen LogP contribution in [0.4, 0.5) is 21.6 Å². The number of anilines is 3. The summed E-state index contributed by atoms with van der Waals surface area (Å²) in [5, 5.41) is 7.79. The largest absolute Gasteiger partial charge is 0.363 e. The van der Waals surface area contributed by atoms with Gasteiger partial charge in [-0.15, -0.1) is 0 Å². The minimum Gasteiger partial charge on any atom is -0.363 e. The molecule has 0 amide bonds. The van der Waals surface area contributed by atoms with Crippen molar-refractivity contribution in [2.75, 3.05) is 10.6 Å². The van der Waals surface area contributed by atoms with Gasteiger partial charge < -0.3 is 10.6 Å². The lowest BCUT2D eigenvalue weighted by Gasteiger charge is -2.18. The highest BCUT2D eigenvalue weighted by Crippen LogP contribution is 2.29. The van der Waals surface area contributed by atoms with Crippen LogP contribution in [0.25, 0.3) is 10.9 Å². The van der Waals surface area contributed by atoms with Crippen molar-refractivity contribution in [2.24, 2.45) is 0 Å². The summed E-state index contributed by atoms with van der Waals surface area (Å²) in [5.74, 6) is 0.320. The van der Waals surface area contributed by atoms with Crippen LogP contribution in [0, 0.1) is 5.82 Å². The van der Waals surface area contributed by atoms with Crippen LogP contribution in [-0.2, 0) is 0 Å². The molecule has 2 aromatic heterocycles. The highest BCUT2D eigenvalue weighted by Gasteiger charge is 2.11. The van der Waals surface area contributed by atoms with E-state index in [0.717, 1.165) is 28.8 Å². The third-order valence-electron chi connectivity index (χ3n) is 4.76. The molecule has 0 aliphatic heterocycles. The molecule has 2 heterocycles. The van der Waals surface area contributed by atoms with E-state index in [1.54, 1.807) is 24.5 Å². The number of nitrogens with one attached hydrogen (secondary N) is 2. The van der Waals surface area contributed by atoms with Crippen molar-refractivity contribution >= 4 is 39.7 Å². The summed E-state index contributed by atoms with van der Waals surface area (Å²) >= 11 is 5.91. The van der Waals surface area contributed by atoms with Gasteiger partial charge in [-0.2, -0.15) is 0 Å². The number of pyridine rings is 2. The van der Waals surface area contributed by atoms with Crippen molar-refractivity contribution in [3.63, 3.8) is 0 Å². The van der Waals surface area contributed by atoms with Gasteiger partial charge >= 0.3 is 0 Å². The Hall–Kier alpha value is -3.18. The highest BCUT2D eigenvalue weighted by molar-refractivity contribution is 6.31. The van der Waals surface area contributed by atoms with Crippen LogP contribution in [-0.4, -0.2) is 9.97 Å². The van der Waals surface area contributed by atoms with Crippen LogP contribution in [0.15, 0.2) is 73.1 Å². The van der Waals surface area contributed by atoms with E-state index in [2.05, 4.69) is 39.7 Å². The van der Waals surface area contributed by atoms with Gasteiger partial charge in [0.05, 0.1) is 22.8 Å². The molecule has 0 fully saturated rings. The van der Waals surface area contributed by atoms with Gasteiger partial charge in [-0.1, -0.05) is 48.9 Å². The van der Waals surface area contributed by atoms with E-state index in [1.807, 2.05) is 30.3 Å². The molecule has 1 atom stereocenters. The Labute approximate surface area is 173 Å². The quantitative estimate of drug-likeness (QED) is 0.372. The molecule has 146 valence electrons. The normalized spacial score (nSPS) is 12.0. The molecule has 0 radical (unpaired) electrons. The molecule has 0 unspecified atom stereocenters. The SMILES string of the molecule is CC[C@@H](Nc1cc2c(Nc3ccc(F)c(Cl)c3)ccnc2cn1)c1ccccc1. The summed E-state index contributed by atoms with van der Waals surface area (Å²) in [4.78, 5) is 8.92. The second kappa shape index (κ2) is 8.45. The van der Waals surface area contributed by atoms with Crippen LogP contribution in [0.5, 0.6) is 0 Å². The van der Waals surface area contributed by atoms with E-state index in [-0.39, 0.29) is 11.1 Å². The number of benzene rings is 2. The molecule has 4 rings (SSSR count). The zero-order valence-corrected chi connectivity index (χ0v) is 16.6. The molecule has 0 aliphatic rings. The molecule has 2 N–H and O–H groups in total. The van der Waals surface area contributed by atoms with Crippen LogP contribution < -0.4 is 10.6 Å². The van der Waals surface area contributed by atoms with Gasteiger partial charge in [0.15, 0.2) is 0 Å². The Kier molecular flexibility index (Phi) is 5.58. The molecular weight excluding hydrogens is 387 g/mol. The van der Waals surface area contributed by atoms with Crippen LogP contribution in [0.1, 0.15) is 24.9 Å². The van der Waals surface area contributed by atoms with Crippen molar-refractivity contribution < 1.29 is 4.39 Å². The number of aromatic nitrogens is 2. The minimum absolute atomic E-state index is 0.0750. The van der Waals surface area contributed by atoms with Crippen LogP contribution >= 0.6 is 11.6 Å². The first kappa shape index (κ1) is 19.2. The van der Waals surface area contributed by atoms with Gasteiger partial charge in [-0.05, 0) is 42.3 Å². The topological polar surface area (TPSA) is 49.8 Å². The van der Waals surface area contributed by atoms with E-state index >= 15 is 0 Å². The molecule has 0 bridgehead atoms. The maximum Gasteiger partial charge on any atom is 0.141 e. The first-order chi connectivity index (χ1) is 14.1. The van der Waals surface area contributed by atoms with E-state index in [4.69, 9.17) is 11.6 Å². The fourth-order valence-electron chi connectivity index (χ4n) is 3.25. The predicted octanol–water partition coefficient (Wildman–Crippen LogP) is 6.73. The molecule has 2 aromatic carbocycles. The van der Waals surface area contributed by atoms with E-state index in [0.29, 0.717) is 5.69 Å². The van der Waals surface area contributed by atoms with E-state index < -0.39 is 5.82 Å². The molecule has 0 saturated carbocycles. The van der Waals surface area contributed by atoms with E-state index in [1.165, 1.54) is 11.6 Å². The Morgan fingerprint density at radius 3 is 2.62 bits per heavy atom. The van der Waals surface area contributed by atoms with Crippen molar-refractivity contribution in [2.45, 2.75) is 19.4 Å². The number of fused-ring (bicyclic) bond motifs is 1. The second-order valence-corrected chi connectivity index (χ2v) is 7.12. The lowest BCUT2D eigenvalue weighted by atomic mass is 10.0. The fraction of sp³-hybridized carbons (Fsp3) is 0.130. The maximum absolute atomic E-state index is 13.5. The molecule has 0 saturated heterocycles. The maximum atomic E-state index is 13.5. The third-order valence-corrected chi connectivity index (χ3v) is 5.05. The van der Waals surface area contributed by atoms with Crippen molar-refractivity contribution in [1.82, 2.24) is 9.97 Å². The summed E-state index contributed by atoms with van der Waals surface area (Å²) in [7, 11) is 0. The summed E-state index contributed by atoms with van der Waals surface area (Å²) in [5.41, 5.74) is 3.52. The van der Waals surface area contributed by atoms with Crippen molar-refractivity contribution in [3.05, 3.63) is 89.5 Å². The number of nitrogens with zero attached hydrogens (tertiary/aromatic N) is 2. The van der Waals surface area contributed by atoms with Gasteiger partial charge in [-0.3, -0.25) is 4.98 Å². The highest BCUT2D eigenvalue weighted by atomic mass is 35.5. The summed E-state index contributed by atoms with van der Waals surface area (Å²) in [6.45, 7) is 2.14. The third kappa shape index (κ3) is 4.30. The number of hydrogen-bond acceptors (Lipinski definition) is 4. The molecule has 29 heavy (non-hydrogen) atoms. The first-order valence-electron chi connectivity index (χ1n) is 9.42. The zero-order chi connectivity index (χ0) is 20.2. The molecule has 4 nitrogen and oxygen atoms in total. The minimum atomic E-state index is -0.445. The Bertz CT molecular complexity index is 1130. The smallest absolute Gasteiger partial charge is 0.141 e. The molecular formula is C23H20ClFN4. The number of halogens is 2. The lowest BCUT2D eigenvalue weighted by molar-refractivity contribution is 0.628. The summed E-state index contributed by atoms with van der Waals surface area (Å²) in [6, 6.07) is 18.8. The Morgan fingerprint density at radius 2 is 1.86 bits per heavy atom. The fourth-order valence-corrected chi connectivity index (χ4v) is 3.43. The van der Waals surface area contributed by atoms with Crippen molar-refractivity contribution in [1.29, 1.82) is 0 Å². The average Bonchev–Trinajstić information content (AvgIpc) is 2.75. The van der Waals surface area contributed by atoms with Gasteiger partial charge in [0.25, 0.3) is 0 Å². The lowest BCUT2D eigenvalue weighted by Crippen LogP contribution is -2.10. The molecule has 0 aliphatic carbocycles. The molecule has 6 heteroatoms. The second-order valence-electron chi connectivity index (χ2n) is 6.71. The standard InChI is InChI=1S/C23H20ClFN4/c1-2-20(15-6-4-3-5-7-15)29-23-13-17-21(10-11-26-22(17)14-27-23)28-16-8-9-19(25)18(24)12-16/h3-14,20H,2H2,1H3,(H,26,28)(H,27,29)/t20-/m1/s1. The number of rotatable bonds is 6. The summed E-state index contributed by atoms with van der Waals surface area (Å²) in [6.07, 6.45) is 4.39. The Balaban J connectivity index is 1.65. The van der Waals surface area contributed by atoms with Gasteiger partial charge in [0.2, 0.25) is 0 Å². The average molecular weight is 407 g/mol. The monoisotopic (exact) mass is 406 g/mol. The summed E-state index contributed by atoms with van der Waals surface area (Å²) < 4.78 is 13.5. The van der Waals surface area contributed by atoms with Gasteiger partial charge in [-0.25, -0.2) is 9.37 Å². The zero-order valence-electron chi connectivity index (χ0n) is 15.9. The van der Waals surface area contributed by atoms with Crippen LogP contribution in [0.2, 0.25) is 5.02 Å². The van der Waals surface area contributed by atoms with E-state index in [9.17, 15) is 4.39 Å². The van der Waals surface area contributed by atoms with Crippen LogP contribution in [0.3, 0.4) is 0 Å². The van der Waals surface area contributed by atoms with Gasteiger partial charge in [0, 0.05) is 23.0 Å². The molecule has 4 aromatic rings. The van der Waals surface area contributed by atoms with Gasteiger partial charge in [0.1, 0.15) is 11.6 Å².